The van der Waals surface area contributed by atoms with Crippen LogP contribution in [-0.2, 0) is 16.0 Å². The van der Waals surface area contributed by atoms with Gasteiger partial charge in [-0.25, -0.2) is 0 Å². The molecule has 1 aromatic carbocycles. The Labute approximate surface area is 151 Å². The summed E-state index contributed by atoms with van der Waals surface area (Å²) in [7, 11) is 3.21. The van der Waals surface area contributed by atoms with Crippen LogP contribution in [0.25, 0.3) is 0 Å². The van der Waals surface area contributed by atoms with E-state index in [-0.39, 0.29) is 12.1 Å². The molecule has 0 saturated heterocycles. The molecule has 0 radical (unpaired) electrons. The number of aliphatic hydroxyl groups excluding tert-OH is 1. The lowest BCUT2D eigenvalue weighted by molar-refractivity contribution is -0.148. The highest BCUT2D eigenvalue weighted by Gasteiger charge is 2.17. The lowest BCUT2D eigenvalue weighted by Gasteiger charge is -2.20. The number of benzene rings is 1. The van der Waals surface area contributed by atoms with E-state index in [1.807, 2.05) is 18.2 Å². The third kappa shape index (κ3) is 8.25. The van der Waals surface area contributed by atoms with Crippen LogP contribution in [0.4, 0.5) is 0 Å². The van der Waals surface area contributed by atoms with E-state index in [9.17, 15) is 9.90 Å². The first-order valence-corrected chi connectivity index (χ1v) is 9.06. The molecule has 5 heteroatoms. The molecule has 1 aromatic rings. The summed E-state index contributed by atoms with van der Waals surface area (Å²) in [5.74, 6) is 1.10. The van der Waals surface area contributed by atoms with Crippen molar-refractivity contribution in [1.29, 1.82) is 0 Å². The highest BCUT2D eigenvalue weighted by molar-refractivity contribution is 5.66. The Morgan fingerprint density at radius 2 is 1.84 bits per heavy atom. The predicted octanol–water partition coefficient (Wildman–Crippen LogP) is 3.90. The number of ether oxygens (including phenoxy) is 3. The number of hydrogen-bond acceptors (Lipinski definition) is 5. The minimum Gasteiger partial charge on any atom is -0.493 e. The number of aliphatic hydroxyl groups is 1. The summed E-state index contributed by atoms with van der Waals surface area (Å²) in [6.07, 6.45) is 5.16. The lowest BCUT2D eigenvalue weighted by atomic mass is 9.99. The van der Waals surface area contributed by atoms with Crippen molar-refractivity contribution in [3.63, 3.8) is 0 Å². The smallest absolute Gasteiger partial charge is 0.302 e. The van der Waals surface area contributed by atoms with Crippen molar-refractivity contribution in [2.75, 3.05) is 14.2 Å². The molecule has 0 heterocycles. The Morgan fingerprint density at radius 3 is 2.44 bits per heavy atom. The van der Waals surface area contributed by atoms with E-state index < -0.39 is 6.10 Å². The van der Waals surface area contributed by atoms with Gasteiger partial charge in [-0.05, 0) is 43.4 Å². The molecule has 0 spiro atoms. The molecule has 1 rings (SSSR count). The maximum Gasteiger partial charge on any atom is 0.302 e. The van der Waals surface area contributed by atoms with Gasteiger partial charge in [0.1, 0.15) is 6.10 Å². The molecule has 2 atom stereocenters. The van der Waals surface area contributed by atoms with Crippen LogP contribution in [-0.4, -0.2) is 37.5 Å². The zero-order valence-corrected chi connectivity index (χ0v) is 15.9. The molecule has 25 heavy (non-hydrogen) atoms. The third-order valence-electron chi connectivity index (χ3n) is 4.21. The predicted molar refractivity (Wildman–Crippen MR) is 98.2 cm³/mol. The zero-order chi connectivity index (χ0) is 18.7. The minimum absolute atomic E-state index is 0.204. The first-order valence-electron chi connectivity index (χ1n) is 9.06. The monoisotopic (exact) mass is 352 g/mol. The summed E-state index contributed by atoms with van der Waals surface area (Å²) in [5.41, 5.74) is 1.08. The van der Waals surface area contributed by atoms with Crippen LogP contribution in [0.3, 0.4) is 0 Å². The van der Waals surface area contributed by atoms with E-state index in [1.165, 1.54) is 6.92 Å². The summed E-state index contributed by atoms with van der Waals surface area (Å²) in [6, 6.07) is 5.77. The Morgan fingerprint density at radius 1 is 1.12 bits per heavy atom. The van der Waals surface area contributed by atoms with E-state index in [0.717, 1.165) is 37.7 Å². The molecule has 0 bridgehead atoms. The molecule has 0 aliphatic rings. The van der Waals surface area contributed by atoms with Crippen LogP contribution in [0.5, 0.6) is 11.5 Å². The van der Waals surface area contributed by atoms with Crippen molar-refractivity contribution in [3.05, 3.63) is 23.8 Å². The first-order chi connectivity index (χ1) is 12.0. The van der Waals surface area contributed by atoms with Crippen molar-refractivity contribution in [1.82, 2.24) is 0 Å². The van der Waals surface area contributed by atoms with Crippen molar-refractivity contribution >= 4 is 5.97 Å². The summed E-state index contributed by atoms with van der Waals surface area (Å²) >= 11 is 0. The SMILES string of the molecule is CCCCC[C@@H](C[C@@H](O)CCc1ccc(OC)c(OC)c1)OC(C)=O. The van der Waals surface area contributed by atoms with Gasteiger partial charge in [0.15, 0.2) is 11.5 Å². The Bertz CT molecular complexity index is 515. The minimum atomic E-state index is -0.501. The number of rotatable bonds is 12. The molecular formula is C20H32O5. The van der Waals surface area contributed by atoms with E-state index in [1.54, 1.807) is 14.2 Å². The highest BCUT2D eigenvalue weighted by atomic mass is 16.5. The summed E-state index contributed by atoms with van der Waals surface area (Å²) in [5, 5.41) is 10.3. The molecule has 0 fully saturated rings. The van der Waals surface area contributed by atoms with Gasteiger partial charge in [-0.3, -0.25) is 4.79 Å². The highest BCUT2D eigenvalue weighted by Crippen LogP contribution is 2.28. The number of unbranched alkanes of at least 4 members (excludes halogenated alkanes) is 2. The third-order valence-corrected chi connectivity index (χ3v) is 4.21. The van der Waals surface area contributed by atoms with Gasteiger partial charge in [0, 0.05) is 13.3 Å². The maximum absolute atomic E-state index is 11.2. The molecule has 0 aliphatic carbocycles. The second-order valence-corrected chi connectivity index (χ2v) is 6.34. The average molecular weight is 352 g/mol. The van der Waals surface area contributed by atoms with Crippen LogP contribution < -0.4 is 9.47 Å². The van der Waals surface area contributed by atoms with Crippen molar-refractivity contribution in [2.45, 2.75) is 71.0 Å². The second kappa shape index (κ2) is 11.7. The van der Waals surface area contributed by atoms with E-state index in [0.29, 0.717) is 24.3 Å². The molecule has 0 unspecified atom stereocenters. The fourth-order valence-electron chi connectivity index (χ4n) is 2.87. The average Bonchev–Trinajstić information content (AvgIpc) is 2.59. The van der Waals surface area contributed by atoms with Gasteiger partial charge in [0.2, 0.25) is 0 Å². The first kappa shape index (κ1) is 21.3. The molecule has 0 aromatic heterocycles. The van der Waals surface area contributed by atoms with Gasteiger partial charge >= 0.3 is 5.97 Å². The maximum atomic E-state index is 11.2. The van der Waals surface area contributed by atoms with Crippen molar-refractivity contribution < 1.29 is 24.1 Å². The quantitative estimate of drug-likeness (QED) is 0.456. The fourth-order valence-corrected chi connectivity index (χ4v) is 2.87. The number of hydrogen-bond donors (Lipinski definition) is 1. The number of aryl methyl sites for hydroxylation is 1. The summed E-state index contributed by atoms with van der Waals surface area (Å²) < 4.78 is 15.9. The second-order valence-electron chi connectivity index (χ2n) is 6.34. The van der Waals surface area contributed by atoms with Gasteiger partial charge in [0.05, 0.1) is 20.3 Å². The molecule has 0 amide bonds. The Kier molecular flexibility index (Phi) is 10.0. The van der Waals surface area contributed by atoms with Crippen LogP contribution in [0.2, 0.25) is 0 Å². The van der Waals surface area contributed by atoms with Crippen molar-refractivity contribution in [2.24, 2.45) is 0 Å². The van der Waals surface area contributed by atoms with Gasteiger partial charge in [0.25, 0.3) is 0 Å². The van der Waals surface area contributed by atoms with Crippen molar-refractivity contribution in [3.8, 4) is 11.5 Å². The number of carbonyl (C=O) groups is 1. The number of carbonyl (C=O) groups excluding carboxylic acids is 1. The van der Waals surface area contributed by atoms with Gasteiger partial charge in [-0.1, -0.05) is 25.8 Å². The molecule has 0 aliphatic heterocycles. The van der Waals surface area contributed by atoms with E-state index in [2.05, 4.69) is 6.92 Å². The van der Waals surface area contributed by atoms with Crippen LogP contribution in [0, 0.1) is 0 Å². The zero-order valence-electron chi connectivity index (χ0n) is 15.9. The largest absolute Gasteiger partial charge is 0.493 e. The Balaban J connectivity index is 2.52. The van der Waals surface area contributed by atoms with Gasteiger partial charge < -0.3 is 19.3 Å². The summed E-state index contributed by atoms with van der Waals surface area (Å²) in [4.78, 5) is 11.2. The fraction of sp³-hybridized carbons (Fsp3) is 0.650. The topological polar surface area (TPSA) is 65.0 Å². The van der Waals surface area contributed by atoms with Gasteiger partial charge in [-0.2, -0.15) is 0 Å². The molecule has 5 nitrogen and oxygen atoms in total. The molecule has 0 saturated carbocycles. The Hall–Kier alpha value is -1.75. The van der Waals surface area contributed by atoms with Crippen LogP contribution in [0.15, 0.2) is 18.2 Å². The van der Waals surface area contributed by atoms with E-state index in [4.69, 9.17) is 14.2 Å². The number of esters is 1. The van der Waals surface area contributed by atoms with E-state index >= 15 is 0 Å². The van der Waals surface area contributed by atoms with Crippen LogP contribution in [0.1, 0.15) is 57.9 Å². The number of methoxy groups -OCH3 is 2. The standard InChI is InChI=1S/C20H32O5/c1-5-6-7-8-18(25-15(2)21)14-17(22)11-9-16-10-12-19(23-3)20(13-16)24-4/h10,12-13,17-18,22H,5-9,11,14H2,1-4H3/t17-,18-/m0/s1. The van der Waals surface area contributed by atoms with Gasteiger partial charge in [-0.15, -0.1) is 0 Å². The van der Waals surface area contributed by atoms with Crippen LogP contribution >= 0.6 is 0 Å². The normalized spacial score (nSPS) is 13.2. The lowest BCUT2D eigenvalue weighted by Crippen LogP contribution is -2.23. The molecule has 1 N–H and O–H groups in total. The summed E-state index contributed by atoms with van der Waals surface area (Å²) in [6.45, 7) is 3.56. The molecular weight excluding hydrogens is 320 g/mol. The molecule has 142 valence electrons.